The Labute approximate surface area is 150 Å². The van der Waals surface area contributed by atoms with Gasteiger partial charge in [-0.25, -0.2) is 9.89 Å². The summed E-state index contributed by atoms with van der Waals surface area (Å²) in [6, 6.07) is 7.94. The number of nitrogens with one attached hydrogen (secondary N) is 2. The molecule has 0 spiro atoms. The first-order valence-electron chi connectivity index (χ1n) is 8.34. The Kier molecular flexibility index (Phi) is 5.93. The highest BCUT2D eigenvalue weighted by molar-refractivity contribution is 7.99. The summed E-state index contributed by atoms with van der Waals surface area (Å²) in [6.07, 6.45) is 2.00. The lowest BCUT2D eigenvalue weighted by Crippen LogP contribution is -2.27. The number of carbonyl (C=O) groups excluding carboxylic acids is 1. The minimum Gasteiger partial charge on any atom is -0.376 e. The van der Waals surface area contributed by atoms with Crippen molar-refractivity contribution < 1.29 is 9.53 Å². The topological polar surface area (TPSA) is 89.0 Å². The Morgan fingerprint density at radius 2 is 2.32 bits per heavy atom. The zero-order valence-corrected chi connectivity index (χ0v) is 15.0. The van der Waals surface area contributed by atoms with Crippen LogP contribution in [0.2, 0.25) is 0 Å². The number of carbonyl (C=O) groups is 1. The van der Waals surface area contributed by atoms with Gasteiger partial charge in [-0.05, 0) is 30.9 Å². The SMILES string of the molecule is Cc1ccccc1CNC(=O)CSc1n[nH]c(=O)n1C[C@@H]1CCCO1. The van der Waals surface area contributed by atoms with Crippen LogP contribution in [0.25, 0.3) is 0 Å². The molecule has 134 valence electrons. The first-order valence-corrected chi connectivity index (χ1v) is 9.33. The number of aryl methyl sites for hydroxylation is 1. The average molecular weight is 362 g/mol. The molecule has 0 unspecified atom stereocenters. The highest BCUT2D eigenvalue weighted by Gasteiger charge is 2.20. The van der Waals surface area contributed by atoms with E-state index in [1.165, 1.54) is 11.8 Å². The molecule has 1 aliphatic heterocycles. The van der Waals surface area contributed by atoms with Crippen LogP contribution in [0.1, 0.15) is 24.0 Å². The van der Waals surface area contributed by atoms with E-state index in [2.05, 4.69) is 15.5 Å². The minimum absolute atomic E-state index is 0.0459. The summed E-state index contributed by atoms with van der Waals surface area (Å²) in [5.41, 5.74) is 1.97. The Hall–Kier alpha value is -2.06. The summed E-state index contributed by atoms with van der Waals surface area (Å²) < 4.78 is 7.12. The highest BCUT2D eigenvalue weighted by Crippen LogP contribution is 2.18. The van der Waals surface area contributed by atoms with E-state index >= 15 is 0 Å². The van der Waals surface area contributed by atoms with E-state index in [-0.39, 0.29) is 23.5 Å². The lowest BCUT2D eigenvalue weighted by Gasteiger charge is -2.11. The number of nitrogens with zero attached hydrogens (tertiary/aromatic N) is 2. The smallest absolute Gasteiger partial charge is 0.344 e. The first-order chi connectivity index (χ1) is 12.1. The molecule has 1 aromatic carbocycles. The fourth-order valence-corrected chi connectivity index (χ4v) is 3.54. The molecule has 1 fully saturated rings. The van der Waals surface area contributed by atoms with Crippen LogP contribution >= 0.6 is 11.8 Å². The molecule has 0 aliphatic carbocycles. The molecule has 2 aromatic rings. The number of benzene rings is 1. The number of aromatic amines is 1. The van der Waals surface area contributed by atoms with Crippen LogP contribution in [0.3, 0.4) is 0 Å². The van der Waals surface area contributed by atoms with Gasteiger partial charge in [-0.3, -0.25) is 9.36 Å². The summed E-state index contributed by atoms with van der Waals surface area (Å²) in [6.45, 7) is 3.72. The number of H-pyrrole nitrogens is 1. The maximum atomic E-state index is 12.1. The Balaban J connectivity index is 1.52. The Morgan fingerprint density at radius 1 is 1.48 bits per heavy atom. The largest absolute Gasteiger partial charge is 0.376 e. The van der Waals surface area contributed by atoms with Crippen LogP contribution in [0.5, 0.6) is 0 Å². The third kappa shape index (κ3) is 4.73. The number of ether oxygens (including phenoxy) is 1. The summed E-state index contributed by atoms with van der Waals surface area (Å²) in [7, 11) is 0. The van der Waals surface area contributed by atoms with Crippen molar-refractivity contribution in [1.82, 2.24) is 20.1 Å². The van der Waals surface area contributed by atoms with Gasteiger partial charge < -0.3 is 10.1 Å². The summed E-state index contributed by atoms with van der Waals surface area (Å²) in [5, 5.41) is 9.88. The van der Waals surface area contributed by atoms with Crippen molar-refractivity contribution in [1.29, 1.82) is 0 Å². The van der Waals surface area contributed by atoms with Crippen LogP contribution in [0.15, 0.2) is 34.2 Å². The second-order valence-corrected chi connectivity index (χ2v) is 6.99. The second-order valence-electron chi connectivity index (χ2n) is 6.05. The van der Waals surface area contributed by atoms with Gasteiger partial charge in [0.1, 0.15) is 0 Å². The molecule has 3 rings (SSSR count). The third-order valence-electron chi connectivity index (χ3n) is 4.20. The molecule has 0 saturated carbocycles. The molecule has 2 N–H and O–H groups in total. The van der Waals surface area contributed by atoms with Crippen LogP contribution in [0.4, 0.5) is 0 Å². The second kappa shape index (κ2) is 8.35. The van der Waals surface area contributed by atoms with E-state index in [0.717, 1.165) is 30.6 Å². The van der Waals surface area contributed by atoms with Gasteiger partial charge in [0.15, 0.2) is 5.16 Å². The van der Waals surface area contributed by atoms with E-state index in [9.17, 15) is 9.59 Å². The molecule has 1 atom stereocenters. The van der Waals surface area contributed by atoms with Gasteiger partial charge in [-0.15, -0.1) is 5.10 Å². The third-order valence-corrected chi connectivity index (χ3v) is 5.18. The van der Waals surface area contributed by atoms with Gasteiger partial charge in [0.25, 0.3) is 0 Å². The standard InChI is InChI=1S/C17H22N4O3S/c1-12-5-2-3-6-13(12)9-18-15(22)11-25-17-20-19-16(23)21(17)10-14-7-4-8-24-14/h2-3,5-6,14H,4,7-11H2,1H3,(H,18,22)(H,19,23)/t14-/m0/s1. The molecule has 7 nitrogen and oxygen atoms in total. The van der Waals surface area contributed by atoms with Crippen LogP contribution in [0, 0.1) is 6.92 Å². The molecule has 0 radical (unpaired) electrons. The average Bonchev–Trinajstić information content (AvgIpc) is 3.24. The predicted octanol–water partition coefficient (Wildman–Crippen LogP) is 1.47. The van der Waals surface area contributed by atoms with Crippen molar-refractivity contribution in [3.8, 4) is 0 Å². The van der Waals surface area contributed by atoms with Crippen LogP contribution in [-0.4, -0.2) is 39.1 Å². The lowest BCUT2D eigenvalue weighted by atomic mass is 10.1. The number of amides is 1. The van der Waals surface area contributed by atoms with E-state index < -0.39 is 0 Å². The van der Waals surface area contributed by atoms with Crippen LogP contribution < -0.4 is 11.0 Å². The Bertz CT molecular complexity index is 780. The molecule has 1 aliphatic rings. The first kappa shape index (κ1) is 17.8. The van der Waals surface area contributed by atoms with Crippen molar-refractivity contribution >= 4 is 17.7 Å². The molecule has 0 bridgehead atoms. The normalized spacial score (nSPS) is 16.9. The molecule has 1 amide bonds. The van der Waals surface area contributed by atoms with Crippen molar-refractivity contribution in [2.45, 2.75) is 44.1 Å². The van der Waals surface area contributed by atoms with Gasteiger partial charge >= 0.3 is 5.69 Å². The van der Waals surface area contributed by atoms with Crippen LogP contribution in [-0.2, 0) is 22.6 Å². The summed E-state index contributed by atoms with van der Waals surface area (Å²) in [5.74, 6) is 0.120. The van der Waals surface area contributed by atoms with Gasteiger partial charge in [0.2, 0.25) is 5.91 Å². The molecular formula is C17H22N4O3S. The fraction of sp³-hybridized carbons (Fsp3) is 0.471. The fourth-order valence-electron chi connectivity index (χ4n) is 2.75. The van der Waals surface area contributed by atoms with Crippen molar-refractivity contribution in [3.63, 3.8) is 0 Å². The molecule has 2 heterocycles. The predicted molar refractivity (Wildman–Crippen MR) is 95.6 cm³/mol. The number of hydrogen-bond acceptors (Lipinski definition) is 5. The van der Waals surface area contributed by atoms with E-state index in [0.29, 0.717) is 18.2 Å². The lowest BCUT2D eigenvalue weighted by molar-refractivity contribution is -0.118. The maximum absolute atomic E-state index is 12.1. The summed E-state index contributed by atoms with van der Waals surface area (Å²) in [4.78, 5) is 24.0. The molecule has 8 heteroatoms. The van der Waals surface area contributed by atoms with E-state index in [4.69, 9.17) is 4.74 Å². The van der Waals surface area contributed by atoms with Crippen molar-refractivity contribution in [3.05, 3.63) is 45.9 Å². The molecule has 1 saturated heterocycles. The van der Waals surface area contributed by atoms with Gasteiger partial charge in [-0.1, -0.05) is 36.0 Å². The zero-order valence-electron chi connectivity index (χ0n) is 14.2. The van der Waals surface area contributed by atoms with E-state index in [1.807, 2.05) is 31.2 Å². The number of rotatable bonds is 7. The number of thioether (sulfide) groups is 1. The quantitative estimate of drug-likeness (QED) is 0.728. The van der Waals surface area contributed by atoms with Gasteiger partial charge in [0, 0.05) is 13.2 Å². The van der Waals surface area contributed by atoms with Gasteiger partial charge in [0.05, 0.1) is 18.4 Å². The van der Waals surface area contributed by atoms with Crippen molar-refractivity contribution in [2.24, 2.45) is 0 Å². The molecule has 25 heavy (non-hydrogen) atoms. The van der Waals surface area contributed by atoms with Crippen molar-refractivity contribution in [2.75, 3.05) is 12.4 Å². The molecule has 1 aromatic heterocycles. The Morgan fingerprint density at radius 3 is 3.08 bits per heavy atom. The number of hydrogen-bond donors (Lipinski definition) is 2. The summed E-state index contributed by atoms with van der Waals surface area (Å²) >= 11 is 1.25. The maximum Gasteiger partial charge on any atom is 0.344 e. The zero-order chi connectivity index (χ0) is 17.6. The van der Waals surface area contributed by atoms with Gasteiger partial charge in [-0.2, -0.15) is 0 Å². The minimum atomic E-state index is -0.265. The van der Waals surface area contributed by atoms with E-state index in [1.54, 1.807) is 4.57 Å². The highest BCUT2D eigenvalue weighted by atomic mass is 32.2. The molecular weight excluding hydrogens is 340 g/mol. The number of aromatic nitrogens is 3. The monoisotopic (exact) mass is 362 g/mol.